The Balaban J connectivity index is 1.60. The van der Waals surface area contributed by atoms with Crippen LogP contribution in [0, 0.1) is 6.92 Å². The number of carbonyl (C=O) groups excluding carboxylic acids is 2. The average molecular weight is 727 g/mol. The van der Waals surface area contributed by atoms with Crippen molar-refractivity contribution in [1.29, 1.82) is 0 Å². The van der Waals surface area contributed by atoms with E-state index in [9.17, 15) is 18.0 Å². The third kappa shape index (κ3) is 8.72. The molecular formula is C37H38Cl3N3O4S. The molecule has 7 nitrogen and oxygen atoms in total. The van der Waals surface area contributed by atoms with Crippen molar-refractivity contribution in [2.45, 2.75) is 69.0 Å². The SMILES string of the molecule is Cc1c(Cl)cccc1N(CC(=O)N(Cc1ccc(Cl)cc1Cl)[C@@H](Cc1ccccc1)C(=O)NC1CCCCC1)S(=O)(=O)c1ccccc1. The fourth-order valence-corrected chi connectivity index (χ4v) is 8.16. The lowest BCUT2D eigenvalue weighted by molar-refractivity contribution is -0.140. The van der Waals surface area contributed by atoms with Crippen LogP contribution < -0.4 is 9.62 Å². The van der Waals surface area contributed by atoms with Crippen molar-refractivity contribution in [2.75, 3.05) is 10.8 Å². The van der Waals surface area contributed by atoms with Crippen LogP contribution in [0.5, 0.6) is 0 Å². The van der Waals surface area contributed by atoms with E-state index in [-0.39, 0.29) is 35.5 Å². The maximum Gasteiger partial charge on any atom is 0.264 e. The standard InChI is InChI=1S/C37H38Cl3N3O4S/c1-26-32(39)18-11-19-34(26)43(48(46,47)31-16-9-4-10-17-31)25-36(44)42(24-28-20-21-29(38)23-33(28)40)35(22-27-12-5-2-6-13-27)37(45)41-30-14-7-3-8-15-30/h2,4-6,9-13,16-21,23,30,35H,3,7-8,14-15,22,24-25H2,1H3,(H,41,45)/t35-/m0/s1. The number of nitrogens with one attached hydrogen (secondary N) is 1. The minimum atomic E-state index is -4.25. The number of hydrogen-bond acceptors (Lipinski definition) is 4. The number of carbonyl (C=O) groups is 2. The van der Waals surface area contributed by atoms with E-state index in [1.54, 1.807) is 61.5 Å². The molecule has 0 radical (unpaired) electrons. The van der Waals surface area contributed by atoms with Gasteiger partial charge in [-0.3, -0.25) is 13.9 Å². The maximum atomic E-state index is 14.7. The van der Waals surface area contributed by atoms with Gasteiger partial charge >= 0.3 is 0 Å². The summed E-state index contributed by atoms with van der Waals surface area (Å²) < 4.78 is 29.6. The first-order valence-corrected chi connectivity index (χ1v) is 18.5. The Kier molecular flexibility index (Phi) is 12.1. The average Bonchev–Trinajstić information content (AvgIpc) is 3.08. The van der Waals surface area contributed by atoms with Crippen LogP contribution >= 0.6 is 34.8 Å². The lowest BCUT2D eigenvalue weighted by Gasteiger charge is -2.35. The molecule has 0 heterocycles. The molecule has 4 aromatic carbocycles. The van der Waals surface area contributed by atoms with Gasteiger partial charge in [-0.1, -0.05) is 115 Å². The Hall–Kier alpha value is -3.56. The van der Waals surface area contributed by atoms with Crippen molar-refractivity contribution in [3.05, 3.63) is 129 Å². The molecule has 1 N–H and O–H groups in total. The number of nitrogens with zero attached hydrogens (tertiary/aromatic N) is 2. The van der Waals surface area contributed by atoms with Gasteiger partial charge in [-0.05, 0) is 72.9 Å². The zero-order valence-electron chi connectivity index (χ0n) is 26.6. The summed E-state index contributed by atoms with van der Waals surface area (Å²) in [6.07, 6.45) is 5.08. The maximum absolute atomic E-state index is 14.7. The van der Waals surface area contributed by atoms with Crippen molar-refractivity contribution in [1.82, 2.24) is 10.2 Å². The molecule has 4 aromatic rings. The first-order chi connectivity index (χ1) is 23.0. The zero-order chi connectivity index (χ0) is 34.3. The molecule has 0 bridgehead atoms. The molecule has 48 heavy (non-hydrogen) atoms. The smallest absolute Gasteiger partial charge is 0.264 e. The minimum absolute atomic E-state index is 0.00957. The molecule has 0 spiro atoms. The molecule has 0 aromatic heterocycles. The lowest BCUT2D eigenvalue weighted by Crippen LogP contribution is -2.55. The summed E-state index contributed by atoms with van der Waals surface area (Å²) in [5.41, 5.74) is 2.17. The summed E-state index contributed by atoms with van der Waals surface area (Å²) >= 11 is 19.3. The summed E-state index contributed by atoms with van der Waals surface area (Å²) in [6, 6.07) is 26.3. The van der Waals surface area contributed by atoms with Crippen LogP contribution in [0.15, 0.2) is 102 Å². The number of rotatable bonds is 12. The van der Waals surface area contributed by atoms with Crippen LogP contribution in [-0.2, 0) is 32.6 Å². The Morgan fingerprint density at radius 3 is 2.17 bits per heavy atom. The molecule has 0 unspecified atom stereocenters. The molecule has 1 fully saturated rings. The minimum Gasteiger partial charge on any atom is -0.352 e. The highest BCUT2D eigenvalue weighted by Crippen LogP contribution is 2.32. The van der Waals surface area contributed by atoms with E-state index in [1.165, 1.54) is 17.0 Å². The van der Waals surface area contributed by atoms with Gasteiger partial charge in [-0.2, -0.15) is 0 Å². The molecule has 0 saturated heterocycles. The molecule has 0 aliphatic heterocycles. The number of halogens is 3. The first kappa shape index (κ1) is 35.7. The highest BCUT2D eigenvalue weighted by Gasteiger charge is 2.36. The van der Waals surface area contributed by atoms with Gasteiger partial charge in [0.2, 0.25) is 11.8 Å². The second kappa shape index (κ2) is 16.2. The fourth-order valence-electron chi connectivity index (χ4n) is 6.03. The van der Waals surface area contributed by atoms with E-state index in [1.807, 2.05) is 30.3 Å². The van der Waals surface area contributed by atoms with Gasteiger partial charge in [0.1, 0.15) is 12.6 Å². The summed E-state index contributed by atoms with van der Waals surface area (Å²) in [7, 11) is -4.25. The number of hydrogen-bond donors (Lipinski definition) is 1. The van der Waals surface area contributed by atoms with Gasteiger partial charge in [0.05, 0.1) is 10.6 Å². The zero-order valence-corrected chi connectivity index (χ0v) is 29.7. The van der Waals surface area contributed by atoms with Crippen molar-refractivity contribution in [3.63, 3.8) is 0 Å². The van der Waals surface area contributed by atoms with Gasteiger partial charge in [0.25, 0.3) is 10.0 Å². The first-order valence-electron chi connectivity index (χ1n) is 15.9. The quantitative estimate of drug-likeness (QED) is 0.159. The highest BCUT2D eigenvalue weighted by molar-refractivity contribution is 7.92. The second-order valence-electron chi connectivity index (χ2n) is 12.0. The monoisotopic (exact) mass is 725 g/mol. The van der Waals surface area contributed by atoms with Crippen LogP contribution in [0.4, 0.5) is 5.69 Å². The van der Waals surface area contributed by atoms with E-state index in [0.29, 0.717) is 26.2 Å². The summed E-state index contributed by atoms with van der Waals surface area (Å²) in [6.45, 7) is 1.06. The molecule has 11 heteroatoms. The van der Waals surface area contributed by atoms with E-state index in [0.717, 1.165) is 42.0 Å². The van der Waals surface area contributed by atoms with Crippen molar-refractivity contribution < 1.29 is 18.0 Å². The van der Waals surface area contributed by atoms with Crippen LogP contribution in [0.1, 0.15) is 48.8 Å². The lowest BCUT2D eigenvalue weighted by atomic mass is 9.94. The van der Waals surface area contributed by atoms with Gasteiger partial charge in [-0.25, -0.2) is 8.42 Å². The Morgan fingerprint density at radius 2 is 1.50 bits per heavy atom. The van der Waals surface area contributed by atoms with Crippen LogP contribution in [0.25, 0.3) is 0 Å². The number of anilines is 1. The van der Waals surface area contributed by atoms with Gasteiger partial charge < -0.3 is 10.2 Å². The van der Waals surface area contributed by atoms with E-state index < -0.39 is 28.5 Å². The van der Waals surface area contributed by atoms with Gasteiger partial charge in [0.15, 0.2) is 0 Å². The normalized spacial score (nSPS) is 14.2. The predicted octanol–water partition coefficient (Wildman–Crippen LogP) is 8.24. The molecule has 5 rings (SSSR count). The molecule has 1 saturated carbocycles. The molecule has 1 aliphatic rings. The topological polar surface area (TPSA) is 86.8 Å². The van der Waals surface area contributed by atoms with Crippen molar-refractivity contribution in [3.8, 4) is 0 Å². The molecule has 252 valence electrons. The van der Waals surface area contributed by atoms with E-state index in [2.05, 4.69) is 5.32 Å². The molecule has 1 atom stereocenters. The summed E-state index contributed by atoms with van der Waals surface area (Å²) in [4.78, 5) is 30.5. The number of benzene rings is 4. The third-order valence-electron chi connectivity index (χ3n) is 8.70. The van der Waals surface area contributed by atoms with E-state index >= 15 is 0 Å². The molecular weight excluding hydrogens is 689 g/mol. The van der Waals surface area contributed by atoms with Crippen molar-refractivity contribution >= 4 is 62.3 Å². The number of sulfonamides is 1. The van der Waals surface area contributed by atoms with E-state index in [4.69, 9.17) is 34.8 Å². The predicted molar refractivity (Wildman–Crippen MR) is 193 cm³/mol. The van der Waals surface area contributed by atoms with Crippen LogP contribution in [-0.4, -0.2) is 43.8 Å². The summed E-state index contributed by atoms with van der Waals surface area (Å²) in [5, 5.41) is 4.31. The Morgan fingerprint density at radius 1 is 0.833 bits per heavy atom. The van der Waals surface area contributed by atoms with Gasteiger partial charge in [-0.15, -0.1) is 0 Å². The Labute approximate surface area is 297 Å². The molecule has 1 aliphatic carbocycles. The largest absolute Gasteiger partial charge is 0.352 e. The fraction of sp³-hybridized carbons (Fsp3) is 0.297. The second-order valence-corrected chi connectivity index (χ2v) is 15.1. The van der Waals surface area contributed by atoms with Gasteiger partial charge in [0, 0.05) is 34.1 Å². The number of amides is 2. The summed E-state index contributed by atoms with van der Waals surface area (Å²) in [5.74, 6) is -0.889. The van der Waals surface area contributed by atoms with Crippen LogP contribution in [0.2, 0.25) is 15.1 Å². The van der Waals surface area contributed by atoms with Crippen molar-refractivity contribution in [2.24, 2.45) is 0 Å². The highest BCUT2D eigenvalue weighted by atomic mass is 35.5. The Bertz CT molecular complexity index is 1840. The molecule has 2 amide bonds. The third-order valence-corrected chi connectivity index (χ3v) is 11.5. The van der Waals surface area contributed by atoms with Crippen LogP contribution in [0.3, 0.4) is 0 Å².